The highest BCUT2D eigenvalue weighted by atomic mass is 16.6. The van der Waals surface area contributed by atoms with Gasteiger partial charge in [0.2, 0.25) is 0 Å². The highest BCUT2D eigenvalue weighted by molar-refractivity contribution is 5.98. The number of hydrogen-bond acceptors (Lipinski definition) is 6. The highest BCUT2D eigenvalue weighted by Gasteiger charge is 2.39. The van der Waals surface area contributed by atoms with Gasteiger partial charge in [0.1, 0.15) is 5.56 Å². The number of nitrogens with two attached hydrogens (primary N) is 1. The fraction of sp³-hybridized carbons (Fsp3) is 0.357. The molecular weight excluding hydrogens is 468 g/mol. The van der Waals surface area contributed by atoms with Crippen LogP contribution < -0.4 is 11.1 Å². The number of aryl methyl sites for hydroxylation is 1. The maximum atomic E-state index is 12.4. The summed E-state index contributed by atoms with van der Waals surface area (Å²) in [5.74, 6) is -0.290. The number of amides is 2. The number of likely N-dealkylation sites (tertiary alicyclic amines) is 1. The molecule has 9 nitrogen and oxygen atoms in total. The maximum Gasteiger partial charge on any atom is 0.410 e. The van der Waals surface area contributed by atoms with E-state index in [1.54, 1.807) is 15.8 Å². The van der Waals surface area contributed by atoms with Gasteiger partial charge in [-0.3, -0.25) is 9.48 Å². The number of nitrogens with one attached hydrogen (secondary N) is 1. The van der Waals surface area contributed by atoms with Gasteiger partial charge >= 0.3 is 6.09 Å². The second-order valence-corrected chi connectivity index (χ2v) is 9.70. The minimum absolute atomic E-state index is 0.183. The molecule has 1 aliphatic rings. The van der Waals surface area contributed by atoms with Gasteiger partial charge in [0.15, 0.2) is 5.82 Å². The van der Waals surface area contributed by atoms with Crippen molar-refractivity contribution in [1.29, 1.82) is 5.26 Å². The molecule has 0 unspecified atom stereocenters. The fourth-order valence-electron chi connectivity index (χ4n) is 4.70. The molecule has 37 heavy (non-hydrogen) atoms. The molecule has 1 saturated heterocycles. The first-order chi connectivity index (χ1) is 17.7. The lowest BCUT2D eigenvalue weighted by Crippen LogP contribution is -2.48. The van der Waals surface area contributed by atoms with E-state index in [2.05, 4.69) is 30.4 Å². The van der Waals surface area contributed by atoms with Crippen molar-refractivity contribution < 1.29 is 14.3 Å². The summed E-state index contributed by atoms with van der Waals surface area (Å²) in [6.45, 7) is 6.51. The van der Waals surface area contributed by atoms with E-state index < -0.39 is 11.4 Å². The molecule has 9 heteroatoms. The summed E-state index contributed by atoms with van der Waals surface area (Å²) < 4.78 is 7.00. The van der Waals surface area contributed by atoms with Crippen molar-refractivity contribution in [2.75, 3.05) is 18.4 Å². The molecule has 4 rings (SSSR count). The number of nitriles is 1. The predicted molar refractivity (Wildman–Crippen MR) is 141 cm³/mol. The zero-order valence-corrected chi connectivity index (χ0v) is 21.4. The Morgan fingerprint density at radius 3 is 2.57 bits per heavy atom. The van der Waals surface area contributed by atoms with E-state index in [1.807, 2.05) is 50.2 Å². The molecule has 1 aromatic heterocycles. The molecule has 2 aromatic carbocycles. The monoisotopic (exact) mass is 500 g/mol. The summed E-state index contributed by atoms with van der Waals surface area (Å²) in [6, 6.07) is 18.2. The first-order valence-corrected chi connectivity index (χ1v) is 12.4. The Balaban J connectivity index is 1.61. The van der Waals surface area contributed by atoms with Crippen LogP contribution in [0.4, 0.5) is 16.3 Å². The number of ether oxygens (including phenoxy) is 1. The van der Waals surface area contributed by atoms with E-state index in [9.17, 15) is 14.9 Å². The zero-order chi connectivity index (χ0) is 26.6. The lowest BCUT2D eigenvalue weighted by Gasteiger charge is -2.40. The minimum Gasteiger partial charge on any atom is -0.447 e. The Kier molecular flexibility index (Phi) is 7.48. The van der Waals surface area contributed by atoms with Gasteiger partial charge in [0, 0.05) is 25.0 Å². The number of primary amides is 1. The van der Waals surface area contributed by atoms with Crippen LogP contribution >= 0.6 is 0 Å². The third-order valence-electron chi connectivity index (χ3n) is 6.74. The molecular formula is C28H32N6O3. The van der Waals surface area contributed by atoms with E-state index >= 15 is 0 Å². The zero-order valence-electron chi connectivity index (χ0n) is 21.4. The van der Waals surface area contributed by atoms with Crippen LogP contribution in [0.25, 0.3) is 11.1 Å². The van der Waals surface area contributed by atoms with Crippen LogP contribution in [0.3, 0.4) is 0 Å². The Hall–Kier alpha value is -4.32. The van der Waals surface area contributed by atoms with Crippen molar-refractivity contribution >= 4 is 23.5 Å². The van der Waals surface area contributed by atoms with Crippen molar-refractivity contribution in [3.63, 3.8) is 0 Å². The van der Waals surface area contributed by atoms with Gasteiger partial charge < -0.3 is 20.7 Å². The maximum absolute atomic E-state index is 12.4. The number of rotatable bonds is 7. The van der Waals surface area contributed by atoms with Gasteiger partial charge in [-0.15, -0.1) is 0 Å². The molecule has 2 heterocycles. The Labute approximate surface area is 216 Å². The molecule has 0 radical (unpaired) electrons. The molecule has 3 N–H and O–H groups in total. The molecule has 0 saturated carbocycles. The van der Waals surface area contributed by atoms with E-state index in [4.69, 9.17) is 15.6 Å². The van der Waals surface area contributed by atoms with Gasteiger partial charge in [-0.05, 0) is 62.4 Å². The summed E-state index contributed by atoms with van der Waals surface area (Å²) in [5, 5.41) is 17.6. The fourth-order valence-corrected chi connectivity index (χ4v) is 4.70. The number of nitrogens with zero attached hydrogens (tertiary/aromatic N) is 4. The third-order valence-corrected chi connectivity index (χ3v) is 6.74. The van der Waals surface area contributed by atoms with Crippen molar-refractivity contribution in [1.82, 2.24) is 14.7 Å². The number of aromatic nitrogens is 2. The second kappa shape index (κ2) is 10.7. The molecule has 0 atom stereocenters. The van der Waals surface area contributed by atoms with Gasteiger partial charge in [-0.25, -0.2) is 4.79 Å². The number of benzene rings is 2. The molecule has 1 aliphatic heterocycles. The molecule has 0 bridgehead atoms. The van der Waals surface area contributed by atoms with Gasteiger partial charge in [0.25, 0.3) is 5.91 Å². The topological polar surface area (TPSA) is 126 Å². The SMILES string of the molecule is Cc1ccccc1-c1cccc(Nc2nn(C3(CC#N)CCN(C(=O)OC(C)C)CC3)cc2C(N)=O)c1. The van der Waals surface area contributed by atoms with E-state index in [1.165, 1.54) is 0 Å². The largest absolute Gasteiger partial charge is 0.447 e. The summed E-state index contributed by atoms with van der Waals surface area (Å²) in [5.41, 5.74) is 9.34. The second-order valence-electron chi connectivity index (χ2n) is 9.70. The lowest BCUT2D eigenvalue weighted by atomic mass is 9.85. The van der Waals surface area contributed by atoms with Crippen LogP contribution in [0.2, 0.25) is 0 Å². The smallest absolute Gasteiger partial charge is 0.410 e. The molecule has 192 valence electrons. The average Bonchev–Trinajstić information content (AvgIpc) is 3.29. The Morgan fingerprint density at radius 2 is 1.92 bits per heavy atom. The van der Waals surface area contributed by atoms with Crippen LogP contribution in [0.1, 0.15) is 49.0 Å². The van der Waals surface area contributed by atoms with Crippen LogP contribution in [0.5, 0.6) is 0 Å². The van der Waals surface area contributed by atoms with Gasteiger partial charge in [-0.2, -0.15) is 10.4 Å². The van der Waals surface area contributed by atoms with E-state index in [0.717, 1.165) is 22.4 Å². The molecule has 3 aromatic rings. The Bertz CT molecular complexity index is 1330. The number of piperidine rings is 1. The standard InChI is InChI=1S/C28H32N6O3/c1-19(2)37-27(36)33-15-12-28(11-14-29,13-16-33)34-18-24(25(30)35)26(32-34)31-22-9-6-8-21(17-22)23-10-5-4-7-20(23)3/h4-10,17-19H,11-13,15-16H2,1-3H3,(H2,30,35)(H,31,32). The average molecular weight is 501 g/mol. The van der Waals surface area contributed by atoms with Crippen molar-refractivity contribution in [2.24, 2.45) is 5.73 Å². The van der Waals surface area contributed by atoms with Crippen molar-refractivity contribution in [3.05, 3.63) is 65.9 Å². The predicted octanol–water partition coefficient (Wildman–Crippen LogP) is 4.95. The van der Waals surface area contributed by atoms with Crippen LogP contribution in [0, 0.1) is 18.3 Å². The minimum atomic E-state index is -0.670. The summed E-state index contributed by atoms with van der Waals surface area (Å²) in [4.78, 5) is 26.3. The first-order valence-electron chi connectivity index (χ1n) is 12.4. The highest BCUT2D eigenvalue weighted by Crippen LogP contribution is 2.35. The van der Waals surface area contributed by atoms with E-state index in [0.29, 0.717) is 31.7 Å². The normalized spacial score (nSPS) is 14.7. The summed E-state index contributed by atoms with van der Waals surface area (Å²) in [6.07, 6.45) is 2.21. The third kappa shape index (κ3) is 5.59. The molecule has 1 fully saturated rings. The van der Waals surface area contributed by atoms with Crippen LogP contribution in [-0.2, 0) is 10.3 Å². The number of carbonyl (C=O) groups excluding carboxylic acids is 2. The number of hydrogen-bond donors (Lipinski definition) is 2. The van der Waals surface area contributed by atoms with Gasteiger partial charge in [0.05, 0.1) is 24.1 Å². The molecule has 0 spiro atoms. The van der Waals surface area contributed by atoms with Crippen LogP contribution in [-0.4, -0.2) is 45.9 Å². The first kappa shape index (κ1) is 25.8. The van der Waals surface area contributed by atoms with E-state index in [-0.39, 0.29) is 24.2 Å². The molecule has 0 aliphatic carbocycles. The van der Waals surface area contributed by atoms with Crippen molar-refractivity contribution in [2.45, 2.75) is 51.7 Å². The van der Waals surface area contributed by atoms with Crippen LogP contribution in [0.15, 0.2) is 54.7 Å². The summed E-state index contributed by atoms with van der Waals surface area (Å²) >= 11 is 0. The Morgan fingerprint density at radius 1 is 1.19 bits per heavy atom. The van der Waals surface area contributed by atoms with Gasteiger partial charge in [-0.1, -0.05) is 36.4 Å². The summed E-state index contributed by atoms with van der Waals surface area (Å²) in [7, 11) is 0. The quantitative estimate of drug-likeness (QED) is 0.473. The number of anilines is 2. The lowest BCUT2D eigenvalue weighted by molar-refractivity contribution is 0.0492. The van der Waals surface area contributed by atoms with Crippen molar-refractivity contribution in [3.8, 4) is 17.2 Å². The molecule has 2 amide bonds. The number of carbonyl (C=O) groups is 2.